The third-order valence-corrected chi connectivity index (χ3v) is 5.99. The molecule has 30 heavy (non-hydrogen) atoms. The van der Waals surface area contributed by atoms with Gasteiger partial charge in [0.25, 0.3) is 5.91 Å². The first-order valence-electron chi connectivity index (χ1n) is 10.2. The highest BCUT2D eigenvalue weighted by molar-refractivity contribution is 6.30. The van der Waals surface area contributed by atoms with Crippen molar-refractivity contribution >= 4 is 34.7 Å². The summed E-state index contributed by atoms with van der Waals surface area (Å²) in [6.45, 7) is 0. The third-order valence-electron chi connectivity index (χ3n) is 5.73. The molecule has 0 spiro atoms. The molecule has 2 aromatic carbocycles. The average Bonchev–Trinajstić information content (AvgIpc) is 3.08. The molecular weight excluding hydrogens is 398 g/mol. The van der Waals surface area contributed by atoms with E-state index in [9.17, 15) is 14.9 Å². The van der Waals surface area contributed by atoms with Crippen molar-refractivity contribution in [1.82, 2.24) is 5.32 Å². The van der Waals surface area contributed by atoms with Gasteiger partial charge in [0.1, 0.15) is 17.7 Å². The highest BCUT2D eigenvalue weighted by Crippen LogP contribution is 2.37. The lowest BCUT2D eigenvalue weighted by Crippen LogP contribution is -2.50. The number of para-hydroxylation sites is 1. The molecule has 1 heterocycles. The number of amides is 2. The van der Waals surface area contributed by atoms with E-state index >= 15 is 0 Å². The van der Waals surface area contributed by atoms with E-state index in [0.29, 0.717) is 21.8 Å². The Morgan fingerprint density at radius 1 is 1.03 bits per heavy atom. The van der Waals surface area contributed by atoms with Gasteiger partial charge >= 0.3 is 0 Å². The standard InChI is InChI=1S/C24H22ClN3O2/c25-17-13-11-16(12-14-17)21-20(15-26)24(30)28(19-9-5-2-6-10-19)22(21)23(29)27-18-7-3-1-4-8-18/h2,5-6,9-14,18,22H,1,3-4,7-8H2,(H,27,29). The van der Waals surface area contributed by atoms with Crippen molar-refractivity contribution in [2.45, 2.75) is 44.2 Å². The van der Waals surface area contributed by atoms with Crippen LogP contribution in [-0.2, 0) is 9.59 Å². The fourth-order valence-corrected chi connectivity index (χ4v) is 4.41. The molecule has 0 aromatic heterocycles. The van der Waals surface area contributed by atoms with Crippen LogP contribution in [0.1, 0.15) is 37.7 Å². The van der Waals surface area contributed by atoms with Crippen LogP contribution >= 0.6 is 11.6 Å². The Bertz CT molecular complexity index is 1020. The van der Waals surface area contributed by atoms with Gasteiger partial charge in [-0.15, -0.1) is 0 Å². The first-order valence-corrected chi connectivity index (χ1v) is 10.6. The Morgan fingerprint density at radius 3 is 2.33 bits per heavy atom. The number of rotatable bonds is 4. The number of carbonyl (C=O) groups is 2. The van der Waals surface area contributed by atoms with Gasteiger partial charge in [-0.05, 0) is 42.7 Å². The van der Waals surface area contributed by atoms with Crippen molar-refractivity contribution in [3.8, 4) is 6.07 Å². The van der Waals surface area contributed by atoms with Gasteiger partial charge in [-0.25, -0.2) is 0 Å². The molecule has 1 N–H and O–H groups in total. The second kappa shape index (κ2) is 8.73. The van der Waals surface area contributed by atoms with Crippen LogP contribution in [0.4, 0.5) is 5.69 Å². The maximum atomic E-state index is 13.5. The van der Waals surface area contributed by atoms with Crippen LogP contribution in [-0.4, -0.2) is 23.9 Å². The van der Waals surface area contributed by atoms with Crippen LogP contribution in [0.2, 0.25) is 5.02 Å². The molecule has 1 atom stereocenters. The van der Waals surface area contributed by atoms with Crippen LogP contribution in [0.5, 0.6) is 0 Å². The van der Waals surface area contributed by atoms with E-state index in [4.69, 9.17) is 11.6 Å². The summed E-state index contributed by atoms with van der Waals surface area (Å²) in [6, 6.07) is 17.1. The summed E-state index contributed by atoms with van der Waals surface area (Å²) < 4.78 is 0. The van der Waals surface area contributed by atoms with Gasteiger partial charge in [-0.1, -0.05) is 61.2 Å². The van der Waals surface area contributed by atoms with Gasteiger partial charge in [0, 0.05) is 22.3 Å². The second-order valence-electron chi connectivity index (χ2n) is 7.66. The minimum absolute atomic E-state index is 0.00929. The maximum Gasteiger partial charge on any atom is 0.270 e. The summed E-state index contributed by atoms with van der Waals surface area (Å²) in [4.78, 5) is 28.1. The topological polar surface area (TPSA) is 73.2 Å². The third kappa shape index (κ3) is 3.83. The van der Waals surface area contributed by atoms with Crippen molar-refractivity contribution in [3.63, 3.8) is 0 Å². The fourth-order valence-electron chi connectivity index (χ4n) is 4.29. The minimum atomic E-state index is -0.905. The molecule has 2 aromatic rings. The molecule has 0 saturated heterocycles. The number of nitrogens with zero attached hydrogens (tertiary/aromatic N) is 2. The van der Waals surface area contributed by atoms with Crippen LogP contribution < -0.4 is 10.2 Å². The fraction of sp³-hybridized carbons (Fsp3) is 0.292. The Balaban J connectivity index is 1.78. The number of nitrogens with one attached hydrogen (secondary N) is 1. The first kappa shape index (κ1) is 20.2. The molecule has 1 aliphatic carbocycles. The van der Waals surface area contributed by atoms with E-state index in [2.05, 4.69) is 5.32 Å². The normalized spacial score (nSPS) is 19.7. The number of benzene rings is 2. The smallest absolute Gasteiger partial charge is 0.270 e. The second-order valence-corrected chi connectivity index (χ2v) is 8.10. The zero-order valence-electron chi connectivity index (χ0n) is 16.5. The summed E-state index contributed by atoms with van der Waals surface area (Å²) in [5.41, 5.74) is 1.65. The van der Waals surface area contributed by atoms with Crippen LogP contribution in [0.15, 0.2) is 60.2 Å². The molecular formula is C24H22ClN3O2. The molecule has 2 amide bonds. The zero-order chi connectivity index (χ0) is 21.1. The van der Waals surface area contributed by atoms with Crippen LogP contribution in [0.3, 0.4) is 0 Å². The number of hydrogen-bond donors (Lipinski definition) is 1. The van der Waals surface area contributed by atoms with Crippen molar-refractivity contribution in [3.05, 3.63) is 70.8 Å². The number of nitriles is 1. The summed E-state index contributed by atoms with van der Waals surface area (Å²) >= 11 is 6.03. The lowest BCUT2D eigenvalue weighted by Gasteiger charge is -2.30. The van der Waals surface area contributed by atoms with E-state index < -0.39 is 11.9 Å². The van der Waals surface area contributed by atoms with Gasteiger partial charge in [0.05, 0.1) is 0 Å². The highest BCUT2D eigenvalue weighted by atomic mass is 35.5. The number of carbonyl (C=O) groups excluding carboxylic acids is 2. The molecule has 1 unspecified atom stereocenters. The number of halogens is 1. The summed E-state index contributed by atoms with van der Waals surface area (Å²) in [5, 5.41) is 13.5. The Kier molecular flexibility index (Phi) is 5.87. The molecule has 2 aliphatic rings. The molecule has 6 heteroatoms. The first-order chi connectivity index (χ1) is 14.6. The average molecular weight is 420 g/mol. The Labute approximate surface area is 180 Å². The SMILES string of the molecule is N#CC1=C(c2ccc(Cl)cc2)C(C(=O)NC2CCCCC2)N(c2ccccc2)C1=O. The highest BCUT2D eigenvalue weighted by Gasteiger charge is 2.45. The van der Waals surface area contributed by atoms with Gasteiger partial charge in [0.2, 0.25) is 5.91 Å². The molecule has 1 fully saturated rings. The lowest BCUT2D eigenvalue weighted by molar-refractivity contribution is -0.124. The molecule has 4 rings (SSSR count). The predicted molar refractivity (Wildman–Crippen MR) is 117 cm³/mol. The monoisotopic (exact) mass is 419 g/mol. The number of hydrogen-bond acceptors (Lipinski definition) is 3. The van der Waals surface area contributed by atoms with Crippen LogP contribution in [0, 0.1) is 11.3 Å². The molecule has 5 nitrogen and oxygen atoms in total. The predicted octanol–water partition coefficient (Wildman–Crippen LogP) is 4.48. The molecule has 0 bridgehead atoms. The van der Waals surface area contributed by atoms with Gasteiger partial charge in [-0.2, -0.15) is 5.26 Å². The van der Waals surface area contributed by atoms with Crippen molar-refractivity contribution < 1.29 is 9.59 Å². The number of anilines is 1. The summed E-state index contributed by atoms with van der Waals surface area (Å²) in [5.74, 6) is -0.716. The molecule has 152 valence electrons. The van der Waals surface area contributed by atoms with E-state index in [1.54, 1.807) is 36.4 Å². The zero-order valence-corrected chi connectivity index (χ0v) is 17.2. The van der Waals surface area contributed by atoms with Crippen molar-refractivity contribution in [2.75, 3.05) is 4.90 Å². The largest absolute Gasteiger partial charge is 0.351 e. The minimum Gasteiger partial charge on any atom is -0.351 e. The molecule has 1 aliphatic heterocycles. The van der Waals surface area contributed by atoms with E-state index in [1.807, 2.05) is 24.3 Å². The Hall–Kier alpha value is -3.10. The van der Waals surface area contributed by atoms with Crippen LogP contribution in [0.25, 0.3) is 5.57 Å². The van der Waals surface area contributed by atoms with Crippen molar-refractivity contribution in [1.29, 1.82) is 5.26 Å². The summed E-state index contributed by atoms with van der Waals surface area (Å²) in [7, 11) is 0. The quantitative estimate of drug-likeness (QED) is 0.793. The van der Waals surface area contributed by atoms with E-state index in [1.165, 1.54) is 11.3 Å². The molecule has 1 saturated carbocycles. The van der Waals surface area contributed by atoms with E-state index in [-0.39, 0.29) is 17.5 Å². The Morgan fingerprint density at radius 2 is 1.70 bits per heavy atom. The molecule has 0 radical (unpaired) electrons. The van der Waals surface area contributed by atoms with E-state index in [0.717, 1.165) is 25.7 Å². The van der Waals surface area contributed by atoms with Gasteiger partial charge in [0.15, 0.2) is 0 Å². The van der Waals surface area contributed by atoms with Crippen molar-refractivity contribution in [2.24, 2.45) is 0 Å². The van der Waals surface area contributed by atoms with Gasteiger partial charge in [-0.3, -0.25) is 14.5 Å². The lowest BCUT2D eigenvalue weighted by atomic mass is 9.93. The summed E-state index contributed by atoms with van der Waals surface area (Å²) in [6.07, 6.45) is 5.21. The maximum absolute atomic E-state index is 13.5. The van der Waals surface area contributed by atoms with Gasteiger partial charge < -0.3 is 5.32 Å².